The van der Waals surface area contributed by atoms with Gasteiger partial charge >= 0.3 is 0 Å². The molecule has 0 aromatic carbocycles. The van der Waals surface area contributed by atoms with Gasteiger partial charge in [-0.2, -0.15) is 5.10 Å². The molecule has 18 heavy (non-hydrogen) atoms. The van der Waals surface area contributed by atoms with Crippen LogP contribution in [0.3, 0.4) is 0 Å². The van der Waals surface area contributed by atoms with Crippen LogP contribution in [0.4, 0.5) is 0 Å². The van der Waals surface area contributed by atoms with Crippen molar-refractivity contribution < 1.29 is 4.79 Å². The molecule has 5 nitrogen and oxygen atoms in total. The summed E-state index contributed by atoms with van der Waals surface area (Å²) in [4.78, 5) is 17.1. The summed E-state index contributed by atoms with van der Waals surface area (Å²) < 4.78 is 1.55. The fraction of sp³-hybridized carbons (Fsp3) is 0.417. The zero-order valence-electron chi connectivity index (χ0n) is 10.4. The quantitative estimate of drug-likeness (QED) is 0.893. The van der Waals surface area contributed by atoms with Gasteiger partial charge in [0.2, 0.25) is 5.91 Å². The zero-order chi connectivity index (χ0) is 13.0. The molecule has 96 valence electrons. The van der Waals surface area contributed by atoms with Gasteiger partial charge in [-0.25, -0.2) is 9.67 Å². The number of amides is 1. The Morgan fingerprint density at radius 2 is 2.39 bits per heavy atom. The standard InChI is InChI=1S/C12H16N4OS/c1-9(6-11-4-3-5-18-11)15-12(17)10(2)16-8-13-7-14-16/h3-5,7-10H,6H2,1-2H3,(H,15,17). The van der Waals surface area contributed by atoms with Crippen molar-refractivity contribution in [2.75, 3.05) is 0 Å². The van der Waals surface area contributed by atoms with Crippen molar-refractivity contribution in [3.63, 3.8) is 0 Å². The number of hydrogen-bond donors (Lipinski definition) is 1. The molecule has 2 heterocycles. The monoisotopic (exact) mass is 264 g/mol. The fourth-order valence-electron chi connectivity index (χ4n) is 1.68. The minimum absolute atomic E-state index is 0.0374. The van der Waals surface area contributed by atoms with E-state index in [9.17, 15) is 4.79 Å². The van der Waals surface area contributed by atoms with Gasteiger partial charge in [-0.1, -0.05) is 6.07 Å². The maximum Gasteiger partial charge on any atom is 0.244 e. The Kier molecular flexibility index (Phi) is 4.09. The minimum atomic E-state index is -0.335. The van der Waals surface area contributed by atoms with E-state index in [4.69, 9.17) is 0 Å². The molecule has 2 rings (SSSR count). The third kappa shape index (κ3) is 3.16. The number of carbonyl (C=O) groups is 1. The molecule has 1 amide bonds. The van der Waals surface area contributed by atoms with Crippen molar-refractivity contribution in [1.82, 2.24) is 20.1 Å². The van der Waals surface area contributed by atoms with E-state index in [1.54, 1.807) is 22.3 Å². The first kappa shape index (κ1) is 12.8. The van der Waals surface area contributed by atoms with E-state index < -0.39 is 0 Å². The number of thiophene rings is 1. The molecule has 2 unspecified atom stereocenters. The summed E-state index contributed by atoms with van der Waals surface area (Å²) in [6.45, 7) is 3.81. The van der Waals surface area contributed by atoms with Crippen LogP contribution < -0.4 is 5.32 Å². The fourth-order valence-corrected chi connectivity index (χ4v) is 2.52. The number of nitrogens with zero attached hydrogens (tertiary/aromatic N) is 3. The van der Waals surface area contributed by atoms with Crippen molar-refractivity contribution in [3.05, 3.63) is 35.0 Å². The number of aromatic nitrogens is 3. The summed E-state index contributed by atoms with van der Waals surface area (Å²) in [6, 6.07) is 3.88. The summed E-state index contributed by atoms with van der Waals surface area (Å²) in [5, 5.41) is 9.00. The lowest BCUT2D eigenvalue weighted by Crippen LogP contribution is -2.38. The van der Waals surface area contributed by atoms with Crippen LogP contribution in [0.2, 0.25) is 0 Å². The summed E-state index contributed by atoms with van der Waals surface area (Å²) >= 11 is 1.71. The Bertz CT molecular complexity index is 480. The Morgan fingerprint density at radius 3 is 3.00 bits per heavy atom. The van der Waals surface area contributed by atoms with Gasteiger partial charge in [-0.15, -0.1) is 11.3 Å². The number of hydrogen-bond acceptors (Lipinski definition) is 4. The molecular weight excluding hydrogens is 248 g/mol. The Hall–Kier alpha value is -1.69. The van der Waals surface area contributed by atoms with Crippen molar-refractivity contribution in [2.45, 2.75) is 32.4 Å². The third-order valence-corrected chi connectivity index (χ3v) is 3.59. The molecule has 0 spiro atoms. The Morgan fingerprint density at radius 1 is 1.56 bits per heavy atom. The van der Waals surface area contributed by atoms with Crippen LogP contribution in [0, 0.1) is 0 Å². The van der Waals surface area contributed by atoms with E-state index >= 15 is 0 Å². The van der Waals surface area contributed by atoms with Gasteiger partial charge in [0.25, 0.3) is 0 Å². The van der Waals surface area contributed by atoms with E-state index in [2.05, 4.69) is 21.5 Å². The molecule has 0 aliphatic heterocycles. The molecule has 0 saturated carbocycles. The van der Waals surface area contributed by atoms with Crippen LogP contribution in [0.25, 0.3) is 0 Å². The molecule has 1 N–H and O–H groups in total. The van der Waals surface area contributed by atoms with E-state index in [0.717, 1.165) is 6.42 Å². The van der Waals surface area contributed by atoms with Crippen LogP contribution in [0.1, 0.15) is 24.8 Å². The van der Waals surface area contributed by atoms with E-state index in [1.807, 2.05) is 25.3 Å². The maximum atomic E-state index is 12.0. The van der Waals surface area contributed by atoms with Gasteiger partial charge < -0.3 is 5.32 Å². The SMILES string of the molecule is CC(Cc1cccs1)NC(=O)C(C)n1cncn1. The lowest BCUT2D eigenvalue weighted by Gasteiger charge is -2.17. The van der Waals surface area contributed by atoms with Gasteiger partial charge in [-0.05, 0) is 25.3 Å². The average molecular weight is 264 g/mol. The second kappa shape index (κ2) is 5.77. The predicted octanol–water partition coefficient (Wildman–Crippen LogP) is 1.65. The second-order valence-corrected chi connectivity index (χ2v) is 5.28. The molecule has 0 saturated heterocycles. The van der Waals surface area contributed by atoms with Crippen molar-refractivity contribution in [1.29, 1.82) is 0 Å². The van der Waals surface area contributed by atoms with Crippen LogP contribution in [-0.4, -0.2) is 26.7 Å². The molecule has 0 aliphatic rings. The van der Waals surface area contributed by atoms with Crippen molar-refractivity contribution in [3.8, 4) is 0 Å². The highest BCUT2D eigenvalue weighted by Crippen LogP contribution is 2.11. The highest BCUT2D eigenvalue weighted by molar-refractivity contribution is 7.09. The second-order valence-electron chi connectivity index (χ2n) is 4.24. The first-order valence-electron chi connectivity index (χ1n) is 5.83. The molecule has 2 aromatic rings. The lowest BCUT2D eigenvalue weighted by molar-refractivity contribution is -0.124. The Balaban J connectivity index is 1.87. The lowest BCUT2D eigenvalue weighted by atomic mass is 10.2. The summed E-state index contributed by atoms with van der Waals surface area (Å²) in [7, 11) is 0. The van der Waals surface area contributed by atoms with Crippen LogP contribution >= 0.6 is 11.3 Å². The number of rotatable bonds is 5. The summed E-state index contributed by atoms with van der Waals surface area (Å²) in [5.41, 5.74) is 0. The predicted molar refractivity (Wildman–Crippen MR) is 70.4 cm³/mol. The molecule has 0 radical (unpaired) electrons. The molecule has 0 bridgehead atoms. The van der Waals surface area contributed by atoms with Gasteiger partial charge in [0.15, 0.2) is 0 Å². The molecule has 6 heteroatoms. The number of carbonyl (C=O) groups excluding carboxylic acids is 1. The minimum Gasteiger partial charge on any atom is -0.351 e. The van der Waals surface area contributed by atoms with E-state index in [1.165, 1.54) is 11.2 Å². The summed E-state index contributed by atoms with van der Waals surface area (Å²) in [5.74, 6) is -0.0374. The van der Waals surface area contributed by atoms with Gasteiger partial charge in [-0.3, -0.25) is 4.79 Å². The van der Waals surface area contributed by atoms with Gasteiger partial charge in [0, 0.05) is 17.3 Å². The smallest absolute Gasteiger partial charge is 0.244 e. The zero-order valence-corrected chi connectivity index (χ0v) is 11.2. The first-order valence-corrected chi connectivity index (χ1v) is 6.71. The van der Waals surface area contributed by atoms with Crippen molar-refractivity contribution in [2.24, 2.45) is 0 Å². The third-order valence-electron chi connectivity index (χ3n) is 2.69. The highest BCUT2D eigenvalue weighted by atomic mass is 32.1. The topological polar surface area (TPSA) is 59.8 Å². The first-order chi connectivity index (χ1) is 8.66. The largest absolute Gasteiger partial charge is 0.351 e. The van der Waals surface area contributed by atoms with Crippen LogP contribution in [0.15, 0.2) is 30.2 Å². The van der Waals surface area contributed by atoms with Crippen LogP contribution in [0.5, 0.6) is 0 Å². The normalized spacial score (nSPS) is 14.1. The van der Waals surface area contributed by atoms with Gasteiger partial charge in [0.05, 0.1) is 0 Å². The van der Waals surface area contributed by atoms with Gasteiger partial charge in [0.1, 0.15) is 18.7 Å². The Labute approximate surface area is 110 Å². The molecular formula is C12H16N4OS. The van der Waals surface area contributed by atoms with E-state index in [-0.39, 0.29) is 18.0 Å². The highest BCUT2D eigenvalue weighted by Gasteiger charge is 2.17. The maximum absolute atomic E-state index is 12.0. The molecule has 0 fully saturated rings. The molecule has 2 aromatic heterocycles. The summed E-state index contributed by atoms with van der Waals surface area (Å²) in [6.07, 6.45) is 3.83. The molecule has 0 aliphatic carbocycles. The average Bonchev–Trinajstić information content (AvgIpc) is 2.99. The van der Waals surface area contributed by atoms with E-state index in [0.29, 0.717) is 0 Å². The van der Waals surface area contributed by atoms with Crippen molar-refractivity contribution >= 4 is 17.2 Å². The molecule has 2 atom stereocenters. The van der Waals surface area contributed by atoms with Crippen LogP contribution in [-0.2, 0) is 11.2 Å². The number of nitrogens with one attached hydrogen (secondary N) is 1.